The first-order valence-corrected chi connectivity index (χ1v) is 6.07. The minimum absolute atomic E-state index is 0.142. The predicted octanol–water partition coefficient (Wildman–Crippen LogP) is 3.53. The van der Waals surface area contributed by atoms with Gasteiger partial charge in [-0.15, -0.1) is 0 Å². The molecular weight excluding hydrogens is 287 g/mol. The van der Waals surface area contributed by atoms with Crippen molar-refractivity contribution in [2.75, 3.05) is 11.1 Å². The number of hydrogen-bond donors (Lipinski definition) is 3. The highest BCUT2D eigenvalue weighted by molar-refractivity contribution is 6.35. The van der Waals surface area contributed by atoms with Crippen molar-refractivity contribution >= 4 is 40.5 Å². The molecule has 4 nitrogen and oxygen atoms in total. The Morgan fingerprint density at radius 3 is 2.32 bits per heavy atom. The summed E-state index contributed by atoms with van der Waals surface area (Å²) in [7, 11) is 0. The SMILES string of the molecule is Nc1ccc(C(=O)Nc2cc(Cl)cc(Cl)c2)cc1O. The molecule has 0 saturated carbocycles. The zero-order chi connectivity index (χ0) is 14.0. The van der Waals surface area contributed by atoms with Crippen LogP contribution >= 0.6 is 23.2 Å². The molecule has 0 radical (unpaired) electrons. The largest absolute Gasteiger partial charge is 0.506 e. The zero-order valence-corrected chi connectivity index (χ0v) is 11.2. The van der Waals surface area contributed by atoms with E-state index in [1.165, 1.54) is 18.2 Å². The molecule has 4 N–H and O–H groups in total. The van der Waals surface area contributed by atoms with Crippen molar-refractivity contribution in [1.82, 2.24) is 0 Å². The van der Waals surface area contributed by atoms with Crippen molar-refractivity contribution in [2.45, 2.75) is 0 Å². The summed E-state index contributed by atoms with van der Waals surface area (Å²) in [5, 5.41) is 12.9. The third-order valence-electron chi connectivity index (χ3n) is 2.41. The van der Waals surface area contributed by atoms with E-state index in [9.17, 15) is 9.90 Å². The summed E-state index contributed by atoms with van der Waals surface area (Å²) in [5.74, 6) is -0.537. The maximum Gasteiger partial charge on any atom is 0.255 e. The molecule has 0 aromatic heterocycles. The molecule has 0 unspecified atom stereocenters. The molecule has 19 heavy (non-hydrogen) atoms. The minimum Gasteiger partial charge on any atom is -0.506 e. The molecule has 0 heterocycles. The molecule has 98 valence electrons. The summed E-state index contributed by atoms with van der Waals surface area (Å²) in [5.41, 5.74) is 6.43. The van der Waals surface area contributed by atoms with Crippen LogP contribution in [0.2, 0.25) is 10.0 Å². The lowest BCUT2D eigenvalue weighted by Crippen LogP contribution is -2.11. The number of nitrogens with two attached hydrogens (primary N) is 1. The molecule has 2 aromatic carbocycles. The van der Waals surface area contributed by atoms with Crippen molar-refractivity contribution in [3.05, 3.63) is 52.0 Å². The third kappa shape index (κ3) is 3.30. The standard InChI is InChI=1S/C13H10Cl2N2O2/c14-8-4-9(15)6-10(5-8)17-13(19)7-1-2-11(16)12(18)3-7/h1-6,18H,16H2,(H,17,19). The lowest BCUT2D eigenvalue weighted by atomic mass is 10.1. The van der Waals surface area contributed by atoms with E-state index in [0.29, 0.717) is 15.7 Å². The molecule has 2 aromatic rings. The van der Waals surface area contributed by atoms with Gasteiger partial charge in [0.15, 0.2) is 0 Å². The van der Waals surface area contributed by atoms with Gasteiger partial charge in [0.05, 0.1) is 5.69 Å². The summed E-state index contributed by atoms with van der Waals surface area (Å²) < 4.78 is 0. The van der Waals surface area contributed by atoms with Gasteiger partial charge < -0.3 is 16.2 Å². The van der Waals surface area contributed by atoms with Crippen LogP contribution < -0.4 is 11.1 Å². The number of nitrogens with one attached hydrogen (secondary N) is 1. The normalized spacial score (nSPS) is 10.2. The van der Waals surface area contributed by atoms with Gasteiger partial charge in [-0.05, 0) is 36.4 Å². The Balaban J connectivity index is 2.22. The number of benzene rings is 2. The quantitative estimate of drug-likeness (QED) is 0.586. The summed E-state index contributed by atoms with van der Waals surface area (Å²) in [6, 6.07) is 8.96. The first kappa shape index (κ1) is 13.5. The lowest BCUT2D eigenvalue weighted by Gasteiger charge is -2.07. The fourth-order valence-corrected chi connectivity index (χ4v) is 2.04. The molecule has 0 atom stereocenters. The number of hydrogen-bond acceptors (Lipinski definition) is 3. The Bertz CT molecular complexity index is 624. The summed E-state index contributed by atoms with van der Waals surface area (Å²) in [6.07, 6.45) is 0. The Morgan fingerprint density at radius 2 is 1.74 bits per heavy atom. The van der Waals surface area contributed by atoms with E-state index in [4.69, 9.17) is 28.9 Å². The van der Waals surface area contributed by atoms with Crippen molar-refractivity contribution < 1.29 is 9.90 Å². The lowest BCUT2D eigenvalue weighted by molar-refractivity contribution is 0.102. The van der Waals surface area contributed by atoms with Crippen LogP contribution in [0.4, 0.5) is 11.4 Å². The monoisotopic (exact) mass is 296 g/mol. The van der Waals surface area contributed by atoms with Gasteiger partial charge in [-0.1, -0.05) is 23.2 Å². The molecular formula is C13H10Cl2N2O2. The van der Waals surface area contributed by atoms with Crippen LogP contribution in [-0.4, -0.2) is 11.0 Å². The van der Waals surface area contributed by atoms with E-state index in [2.05, 4.69) is 5.32 Å². The molecule has 0 aliphatic rings. The van der Waals surface area contributed by atoms with Gasteiger partial charge in [0, 0.05) is 21.3 Å². The maximum atomic E-state index is 12.0. The predicted molar refractivity (Wildman–Crippen MR) is 76.9 cm³/mol. The molecule has 0 bridgehead atoms. The highest BCUT2D eigenvalue weighted by atomic mass is 35.5. The summed E-state index contributed by atoms with van der Waals surface area (Å²) >= 11 is 11.7. The van der Waals surface area contributed by atoms with Crippen LogP contribution in [0.25, 0.3) is 0 Å². The van der Waals surface area contributed by atoms with E-state index in [1.807, 2.05) is 0 Å². The summed E-state index contributed by atoms with van der Waals surface area (Å²) in [4.78, 5) is 12.0. The molecule has 6 heteroatoms. The van der Waals surface area contributed by atoms with Crippen molar-refractivity contribution in [2.24, 2.45) is 0 Å². The number of phenols is 1. The number of anilines is 2. The van der Waals surface area contributed by atoms with Gasteiger partial charge in [-0.3, -0.25) is 4.79 Å². The molecule has 1 amide bonds. The van der Waals surface area contributed by atoms with Crippen molar-refractivity contribution in [1.29, 1.82) is 0 Å². The third-order valence-corrected chi connectivity index (χ3v) is 2.85. The molecule has 0 spiro atoms. The zero-order valence-electron chi connectivity index (χ0n) is 9.65. The van der Waals surface area contributed by atoms with Gasteiger partial charge in [-0.2, -0.15) is 0 Å². The van der Waals surface area contributed by atoms with Gasteiger partial charge >= 0.3 is 0 Å². The number of amides is 1. The smallest absolute Gasteiger partial charge is 0.255 e. The van der Waals surface area contributed by atoms with Crippen LogP contribution in [0, 0.1) is 0 Å². The Kier molecular flexibility index (Phi) is 3.83. The average Bonchev–Trinajstić information content (AvgIpc) is 2.31. The highest BCUT2D eigenvalue weighted by Crippen LogP contribution is 2.24. The van der Waals surface area contributed by atoms with Crippen molar-refractivity contribution in [3.63, 3.8) is 0 Å². The number of carbonyl (C=O) groups excluding carboxylic acids is 1. The first-order valence-electron chi connectivity index (χ1n) is 5.31. The number of halogens is 2. The number of carbonyl (C=O) groups is 1. The Labute approximate surface area is 119 Å². The number of aromatic hydroxyl groups is 1. The molecule has 0 aliphatic heterocycles. The first-order chi connectivity index (χ1) is 8.95. The Morgan fingerprint density at radius 1 is 1.11 bits per heavy atom. The summed E-state index contributed by atoms with van der Waals surface area (Å²) in [6.45, 7) is 0. The molecule has 2 rings (SSSR count). The van der Waals surface area contributed by atoms with Crippen LogP contribution in [0.15, 0.2) is 36.4 Å². The van der Waals surface area contributed by atoms with Crippen LogP contribution in [0.1, 0.15) is 10.4 Å². The van der Waals surface area contributed by atoms with E-state index in [0.717, 1.165) is 0 Å². The Hall–Kier alpha value is -1.91. The van der Waals surface area contributed by atoms with E-state index in [-0.39, 0.29) is 17.0 Å². The van der Waals surface area contributed by atoms with Crippen LogP contribution in [0.3, 0.4) is 0 Å². The second kappa shape index (κ2) is 5.38. The molecule has 0 fully saturated rings. The van der Waals surface area contributed by atoms with E-state index in [1.54, 1.807) is 18.2 Å². The van der Waals surface area contributed by atoms with E-state index >= 15 is 0 Å². The van der Waals surface area contributed by atoms with Crippen LogP contribution in [0.5, 0.6) is 5.75 Å². The second-order valence-corrected chi connectivity index (χ2v) is 4.76. The fourth-order valence-electron chi connectivity index (χ4n) is 1.51. The average molecular weight is 297 g/mol. The maximum absolute atomic E-state index is 12.0. The molecule has 0 saturated heterocycles. The van der Waals surface area contributed by atoms with Gasteiger partial charge in [0.1, 0.15) is 5.75 Å². The highest BCUT2D eigenvalue weighted by Gasteiger charge is 2.09. The number of rotatable bonds is 2. The van der Waals surface area contributed by atoms with Gasteiger partial charge in [0.25, 0.3) is 5.91 Å². The fraction of sp³-hybridized carbons (Fsp3) is 0. The van der Waals surface area contributed by atoms with Gasteiger partial charge in [0.2, 0.25) is 0 Å². The topological polar surface area (TPSA) is 75.4 Å². The van der Waals surface area contributed by atoms with Crippen molar-refractivity contribution in [3.8, 4) is 5.75 Å². The van der Waals surface area contributed by atoms with E-state index < -0.39 is 5.91 Å². The van der Waals surface area contributed by atoms with Gasteiger partial charge in [-0.25, -0.2) is 0 Å². The second-order valence-electron chi connectivity index (χ2n) is 3.89. The minimum atomic E-state index is -0.395. The number of phenolic OH excluding ortho intramolecular Hbond substituents is 1. The number of nitrogen functional groups attached to an aromatic ring is 1. The molecule has 0 aliphatic carbocycles. The van der Waals surface area contributed by atoms with Crippen LogP contribution in [-0.2, 0) is 0 Å².